The number of benzene rings is 1. The number of aromatic nitrogens is 1. The van der Waals surface area contributed by atoms with Crippen molar-refractivity contribution in [3.05, 3.63) is 41.6 Å². The van der Waals surface area contributed by atoms with Crippen LogP contribution in [0.25, 0.3) is 11.3 Å². The van der Waals surface area contributed by atoms with Crippen LogP contribution in [0.3, 0.4) is 0 Å². The lowest BCUT2D eigenvalue weighted by atomic mass is 10.1. The van der Waals surface area contributed by atoms with Gasteiger partial charge in [-0.3, -0.25) is 9.78 Å². The van der Waals surface area contributed by atoms with Gasteiger partial charge in [-0.25, -0.2) is 0 Å². The number of halogens is 1. The number of ether oxygens (including phenoxy) is 1. The van der Waals surface area contributed by atoms with Crippen LogP contribution in [0.15, 0.2) is 36.5 Å². The van der Waals surface area contributed by atoms with E-state index >= 15 is 0 Å². The SMILES string of the molecule is CC(Oc1ccc(-c2ccc(Cl)cn2)cc1O)C(N)=O. The summed E-state index contributed by atoms with van der Waals surface area (Å²) in [6.45, 7) is 1.51. The number of amides is 1. The van der Waals surface area contributed by atoms with Gasteiger partial charge in [-0.15, -0.1) is 0 Å². The molecule has 0 saturated heterocycles. The van der Waals surface area contributed by atoms with Gasteiger partial charge in [-0.2, -0.15) is 0 Å². The van der Waals surface area contributed by atoms with Crippen molar-refractivity contribution in [1.29, 1.82) is 0 Å². The van der Waals surface area contributed by atoms with E-state index < -0.39 is 12.0 Å². The molecule has 0 aliphatic carbocycles. The van der Waals surface area contributed by atoms with Crippen LogP contribution in [0.5, 0.6) is 11.5 Å². The molecule has 0 aliphatic rings. The first-order valence-electron chi connectivity index (χ1n) is 5.88. The molecule has 2 aromatic rings. The van der Waals surface area contributed by atoms with Gasteiger partial charge in [0.15, 0.2) is 17.6 Å². The van der Waals surface area contributed by atoms with E-state index in [1.54, 1.807) is 24.3 Å². The fraction of sp³-hybridized carbons (Fsp3) is 0.143. The van der Waals surface area contributed by atoms with E-state index in [1.165, 1.54) is 19.2 Å². The zero-order valence-electron chi connectivity index (χ0n) is 10.7. The fourth-order valence-corrected chi connectivity index (χ4v) is 1.68. The quantitative estimate of drug-likeness (QED) is 0.906. The predicted molar refractivity (Wildman–Crippen MR) is 75.6 cm³/mol. The van der Waals surface area contributed by atoms with E-state index in [9.17, 15) is 9.90 Å². The number of hydrogen-bond acceptors (Lipinski definition) is 4. The highest BCUT2D eigenvalue weighted by atomic mass is 35.5. The summed E-state index contributed by atoms with van der Waals surface area (Å²) in [4.78, 5) is 15.1. The number of nitrogens with zero attached hydrogens (tertiary/aromatic N) is 1. The van der Waals surface area contributed by atoms with Crippen LogP contribution in [-0.4, -0.2) is 22.1 Å². The zero-order chi connectivity index (χ0) is 14.7. The molecule has 1 unspecified atom stereocenters. The van der Waals surface area contributed by atoms with Crippen molar-refractivity contribution >= 4 is 17.5 Å². The average molecular weight is 293 g/mol. The maximum absolute atomic E-state index is 10.9. The summed E-state index contributed by atoms with van der Waals surface area (Å²) in [5.41, 5.74) is 6.47. The lowest BCUT2D eigenvalue weighted by Crippen LogP contribution is -2.30. The smallest absolute Gasteiger partial charge is 0.258 e. The van der Waals surface area contributed by atoms with Gasteiger partial charge >= 0.3 is 0 Å². The molecule has 0 fully saturated rings. The molecule has 0 spiro atoms. The maximum atomic E-state index is 10.9. The van der Waals surface area contributed by atoms with Crippen LogP contribution in [0, 0.1) is 0 Å². The van der Waals surface area contributed by atoms with Crippen molar-refractivity contribution in [3.63, 3.8) is 0 Å². The largest absolute Gasteiger partial charge is 0.504 e. The Morgan fingerprint density at radius 3 is 2.70 bits per heavy atom. The monoisotopic (exact) mass is 292 g/mol. The molecule has 0 radical (unpaired) electrons. The molecule has 1 heterocycles. The van der Waals surface area contributed by atoms with Crippen LogP contribution >= 0.6 is 11.6 Å². The first-order chi connectivity index (χ1) is 9.47. The van der Waals surface area contributed by atoms with Gasteiger partial charge in [0, 0.05) is 11.8 Å². The van der Waals surface area contributed by atoms with Crippen molar-refractivity contribution in [2.75, 3.05) is 0 Å². The number of hydrogen-bond donors (Lipinski definition) is 2. The third-order valence-electron chi connectivity index (χ3n) is 2.69. The molecule has 5 nitrogen and oxygen atoms in total. The van der Waals surface area contributed by atoms with E-state index in [1.807, 2.05) is 0 Å². The lowest BCUT2D eigenvalue weighted by Gasteiger charge is -2.13. The topological polar surface area (TPSA) is 85.4 Å². The number of phenolic OH excluding ortho intramolecular Hbond substituents is 1. The van der Waals surface area contributed by atoms with Gasteiger partial charge in [0.25, 0.3) is 5.91 Å². The second-order valence-corrected chi connectivity index (χ2v) is 4.64. The van der Waals surface area contributed by atoms with Crippen LogP contribution < -0.4 is 10.5 Å². The molecule has 1 atom stereocenters. The second-order valence-electron chi connectivity index (χ2n) is 4.21. The normalized spacial score (nSPS) is 11.9. The number of pyridine rings is 1. The number of nitrogens with two attached hydrogens (primary N) is 1. The lowest BCUT2D eigenvalue weighted by molar-refractivity contribution is -0.124. The van der Waals surface area contributed by atoms with Crippen LogP contribution in [0.2, 0.25) is 5.02 Å². The highest BCUT2D eigenvalue weighted by Gasteiger charge is 2.13. The van der Waals surface area contributed by atoms with Crippen molar-refractivity contribution in [1.82, 2.24) is 4.98 Å². The third-order valence-corrected chi connectivity index (χ3v) is 2.91. The van der Waals surface area contributed by atoms with Crippen molar-refractivity contribution in [2.24, 2.45) is 5.73 Å². The zero-order valence-corrected chi connectivity index (χ0v) is 11.5. The highest BCUT2D eigenvalue weighted by Crippen LogP contribution is 2.31. The van der Waals surface area contributed by atoms with Gasteiger partial charge < -0.3 is 15.6 Å². The third kappa shape index (κ3) is 3.19. The van der Waals surface area contributed by atoms with Gasteiger partial charge in [0.2, 0.25) is 0 Å². The Morgan fingerprint density at radius 1 is 1.40 bits per heavy atom. The van der Waals surface area contributed by atoms with E-state index in [2.05, 4.69) is 4.98 Å². The number of carbonyl (C=O) groups excluding carboxylic acids is 1. The average Bonchev–Trinajstić information content (AvgIpc) is 2.41. The molecule has 20 heavy (non-hydrogen) atoms. The van der Waals surface area contributed by atoms with Crippen molar-refractivity contribution < 1.29 is 14.6 Å². The molecule has 0 saturated carbocycles. The molecular weight excluding hydrogens is 280 g/mol. The molecule has 1 aromatic carbocycles. The Bertz CT molecular complexity index is 629. The number of phenols is 1. The minimum absolute atomic E-state index is 0.0904. The second kappa shape index (κ2) is 5.79. The van der Waals surface area contributed by atoms with Gasteiger partial charge in [-0.1, -0.05) is 11.6 Å². The van der Waals surface area contributed by atoms with Crippen molar-refractivity contribution in [3.8, 4) is 22.8 Å². The minimum Gasteiger partial charge on any atom is -0.504 e. The molecule has 6 heteroatoms. The van der Waals surface area contributed by atoms with Crippen LogP contribution in [0.1, 0.15) is 6.92 Å². The first-order valence-corrected chi connectivity index (χ1v) is 6.26. The summed E-state index contributed by atoms with van der Waals surface area (Å²) in [6, 6.07) is 8.23. The van der Waals surface area contributed by atoms with E-state index in [0.29, 0.717) is 16.3 Å². The van der Waals surface area contributed by atoms with Gasteiger partial charge in [0.05, 0.1) is 10.7 Å². The highest BCUT2D eigenvalue weighted by molar-refractivity contribution is 6.30. The Balaban J connectivity index is 2.25. The minimum atomic E-state index is -0.819. The molecule has 3 N–H and O–H groups in total. The first kappa shape index (κ1) is 14.1. The maximum Gasteiger partial charge on any atom is 0.258 e. The molecular formula is C14H13ClN2O3. The molecule has 104 valence electrons. The summed E-state index contributed by atoms with van der Waals surface area (Å²) in [5, 5.41) is 10.4. The number of aromatic hydroxyl groups is 1. The van der Waals surface area contributed by atoms with E-state index in [0.717, 1.165) is 0 Å². The Labute approximate surface area is 121 Å². The molecule has 0 bridgehead atoms. The Morgan fingerprint density at radius 2 is 2.15 bits per heavy atom. The summed E-state index contributed by atoms with van der Waals surface area (Å²) in [6.07, 6.45) is 0.702. The number of primary amides is 1. The molecule has 1 aromatic heterocycles. The Hall–Kier alpha value is -2.27. The summed E-state index contributed by atoms with van der Waals surface area (Å²) in [5.74, 6) is -0.505. The number of rotatable bonds is 4. The number of carbonyl (C=O) groups is 1. The van der Waals surface area contributed by atoms with Crippen molar-refractivity contribution in [2.45, 2.75) is 13.0 Å². The molecule has 0 aliphatic heterocycles. The summed E-state index contributed by atoms with van der Waals surface area (Å²) in [7, 11) is 0. The van der Waals surface area contributed by atoms with Gasteiger partial charge in [0.1, 0.15) is 0 Å². The summed E-state index contributed by atoms with van der Waals surface area (Å²) >= 11 is 5.77. The fourth-order valence-electron chi connectivity index (χ4n) is 1.57. The van der Waals surface area contributed by atoms with Crippen LogP contribution in [-0.2, 0) is 4.79 Å². The van der Waals surface area contributed by atoms with Gasteiger partial charge in [-0.05, 0) is 37.3 Å². The molecule has 2 rings (SSSR count). The summed E-state index contributed by atoms with van der Waals surface area (Å²) < 4.78 is 5.25. The van der Waals surface area contributed by atoms with Crippen LogP contribution in [0.4, 0.5) is 0 Å². The van der Waals surface area contributed by atoms with E-state index in [4.69, 9.17) is 22.1 Å². The molecule has 1 amide bonds. The Kier molecular flexibility index (Phi) is 4.10. The standard InChI is InChI=1S/C14H13ClN2O3/c1-8(14(16)19)20-13-5-2-9(6-12(13)18)11-4-3-10(15)7-17-11/h2-8,18H,1H3,(H2,16,19). The van der Waals surface area contributed by atoms with E-state index in [-0.39, 0.29) is 11.5 Å². The predicted octanol–water partition coefficient (Wildman–Crippen LogP) is 2.36.